The summed E-state index contributed by atoms with van der Waals surface area (Å²) >= 11 is 0. The topological polar surface area (TPSA) is 105 Å². The summed E-state index contributed by atoms with van der Waals surface area (Å²) in [6.07, 6.45) is -0.804. The molecule has 0 spiro atoms. The van der Waals surface area contributed by atoms with Crippen LogP contribution in [0.25, 0.3) is 0 Å². The highest BCUT2D eigenvalue weighted by Gasteiger charge is 2.15. The maximum atomic E-state index is 12.1. The molecule has 1 amide bonds. The number of benzene rings is 2. The van der Waals surface area contributed by atoms with Crippen LogP contribution in [0.1, 0.15) is 12.5 Å². The van der Waals surface area contributed by atoms with Gasteiger partial charge in [-0.2, -0.15) is 5.26 Å². The lowest BCUT2D eigenvalue weighted by atomic mass is 10.2. The van der Waals surface area contributed by atoms with E-state index in [1.54, 1.807) is 31.2 Å². The number of ether oxygens (including phenoxy) is 1. The van der Waals surface area contributed by atoms with E-state index in [0.717, 1.165) is 0 Å². The average molecular weight is 311 g/mol. The third kappa shape index (κ3) is 4.28. The number of nitrogens with one attached hydrogen (secondary N) is 1. The Morgan fingerprint density at radius 1 is 1.30 bits per heavy atom. The summed E-state index contributed by atoms with van der Waals surface area (Å²) in [4.78, 5) is 22.1. The van der Waals surface area contributed by atoms with Gasteiger partial charge in [0.2, 0.25) is 0 Å². The van der Waals surface area contributed by atoms with Crippen LogP contribution in [0.3, 0.4) is 0 Å². The van der Waals surface area contributed by atoms with Crippen LogP contribution in [0.4, 0.5) is 11.4 Å². The Kier molecular flexibility index (Phi) is 4.89. The van der Waals surface area contributed by atoms with Crippen molar-refractivity contribution in [3.05, 3.63) is 64.2 Å². The number of hydrogen-bond donors (Lipinski definition) is 1. The summed E-state index contributed by atoms with van der Waals surface area (Å²) in [5.41, 5.74) is 0.878. The highest BCUT2D eigenvalue weighted by molar-refractivity contribution is 5.94. The quantitative estimate of drug-likeness (QED) is 0.675. The minimum absolute atomic E-state index is 0.0530. The van der Waals surface area contributed by atoms with E-state index in [9.17, 15) is 14.9 Å². The first kappa shape index (κ1) is 16.0. The summed E-state index contributed by atoms with van der Waals surface area (Å²) in [7, 11) is 0. The number of nitro groups is 1. The molecule has 0 saturated heterocycles. The Labute approximate surface area is 132 Å². The van der Waals surface area contributed by atoms with Gasteiger partial charge in [-0.15, -0.1) is 0 Å². The molecule has 2 rings (SSSR count). The average Bonchev–Trinajstić information content (AvgIpc) is 2.55. The van der Waals surface area contributed by atoms with Crippen molar-refractivity contribution in [2.45, 2.75) is 13.0 Å². The third-order valence-electron chi connectivity index (χ3n) is 2.99. The molecule has 0 aliphatic heterocycles. The second-order valence-electron chi connectivity index (χ2n) is 4.69. The highest BCUT2D eigenvalue weighted by Crippen LogP contribution is 2.19. The number of nitro benzene ring substituents is 1. The fourth-order valence-electron chi connectivity index (χ4n) is 1.81. The van der Waals surface area contributed by atoms with Gasteiger partial charge in [0, 0.05) is 17.8 Å². The van der Waals surface area contributed by atoms with Gasteiger partial charge in [0.1, 0.15) is 5.75 Å². The van der Waals surface area contributed by atoms with Crippen molar-refractivity contribution in [1.82, 2.24) is 0 Å². The van der Waals surface area contributed by atoms with Crippen LogP contribution in [-0.2, 0) is 4.79 Å². The molecule has 0 unspecified atom stereocenters. The molecule has 0 aromatic heterocycles. The summed E-state index contributed by atoms with van der Waals surface area (Å²) in [6.45, 7) is 1.56. The van der Waals surface area contributed by atoms with Crippen molar-refractivity contribution in [2.24, 2.45) is 0 Å². The van der Waals surface area contributed by atoms with Gasteiger partial charge in [0.05, 0.1) is 16.6 Å². The Morgan fingerprint density at radius 3 is 2.61 bits per heavy atom. The predicted molar refractivity (Wildman–Crippen MR) is 83.0 cm³/mol. The summed E-state index contributed by atoms with van der Waals surface area (Å²) in [6, 6.07) is 14.0. The summed E-state index contributed by atoms with van der Waals surface area (Å²) < 4.78 is 5.44. The molecule has 2 aromatic carbocycles. The van der Waals surface area contributed by atoms with Crippen LogP contribution in [-0.4, -0.2) is 16.9 Å². The predicted octanol–water partition coefficient (Wildman–Crippen LogP) is 2.87. The van der Waals surface area contributed by atoms with Crippen molar-refractivity contribution < 1.29 is 14.5 Å². The Morgan fingerprint density at radius 2 is 2.00 bits per heavy atom. The Balaban J connectivity index is 1.99. The number of nitriles is 1. The second kappa shape index (κ2) is 7.04. The zero-order chi connectivity index (χ0) is 16.8. The minimum Gasteiger partial charge on any atom is -0.481 e. The van der Waals surface area contributed by atoms with Gasteiger partial charge < -0.3 is 10.1 Å². The van der Waals surface area contributed by atoms with Crippen LogP contribution in [0.2, 0.25) is 0 Å². The SMILES string of the molecule is C[C@H](Oc1ccc([N+](=O)[O-])cc1)C(=O)Nc1cccc(C#N)c1. The molecule has 0 heterocycles. The maximum absolute atomic E-state index is 12.1. The molecule has 2 aromatic rings. The molecular formula is C16H13N3O4. The number of hydrogen-bond acceptors (Lipinski definition) is 5. The molecule has 7 heteroatoms. The largest absolute Gasteiger partial charge is 0.481 e. The standard InChI is InChI=1S/C16H13N3O4/c1-11(23-15-7-5-14(6-8-15)19(21)22)16(20)18-13-4-2-3-12(9-13)10-17/h2-9,11H,1H3,(H,18,20)/t11-/m0/s1. The van der Waals surface area contributed by atoms with Crippen LogP contribution in [0.15, 0.2) is 48.5 Å². The van der Waals surface area contributed by atoms with Gasteiger partial charge >= 0.3 is 0 Å². The molecule has 0 aliphatic carbocycles. The van der Waals surface area contributed by atoms with Crippen LogP contribution < -0.4 is 10.1 Å². The van der Waals surface area contributed by atoms with Gasteiger partial charge in [-0.25, -0.2) is 0 Å². The number of nitrogens with zero attached hydrogens (tertiary/aromatic N) is 2. The highest BCUT2D eigenvalue weighted by atomic mass is 16.6. The monoisotopic (exact) mass is 311 g/mol. The molecule has 0 radical (unpaired) electrons. The van der Waals surface area contributed by atoms with E-state index in [1.165, 1.54) is 24.3 Å². The van der Waals surface area contributed by atoms with E-state index >= 15 is 0 Å². The Hall–Kier alpha value is -3.40. The summed E-state index contributed by atoms with van der Waals surface area (Å²) in [5.74, 6) is -0.0394. The van der Waals surface area contributed by atoms with Gasteiger partial charge in [-0.1, -0.05) is 6.07 Å². The molecule has 23 heavy (non-hydrogen) atoms. The van der Waals surface area contributed by atoms with Crippen molar-refractivity contribution in [3.63, 3.8) is 0 Å². The number of non-ortho nitro benzene ring substituents is 1. The van der Waals surface area contributed by atoms with E-state index in [0.29, 0.717) is 17.0 Å². The van der Waals surface area contributed by atoms with Gasteiger partial charge in [0.15, 0.2) is 6.10 Å². The molecular weight excluding hydrogens is 298 g/mol. The third-order valence-corrected chi connectivity index (χ3v) is 2.99. The number of carbonyl (C=O) groups excluding carboxylic acids is 1. The molecule has 1 N–H and O–H groups in total. The van der Waals surface area contributed by atoms with E-state index in [4.69, 9.17) is 10.00 Å². The number of anilines is 1. The molecule has 0 aliphatic rings. The first-order valence-corrected chi connectivity index (χ1v) is 6.72. The number of rotatable bonds is 5. The van der Waals surface area contributed by atoms with Crippen LogP contribution >= 0.6 is 0 Å². The maximum Gasteiger partial charge on any atom is 0.269 e. The molecule has 1 atom stereocenters. The minimum atomic E-state index is -0.804. The van der Waals surface area contributed by atoms with Gasteiger partial charge in [-0.3, -0.25) is 14.9 Å². The van der Waals surface area contributed by atoms with Crippen LogP contribution in [0, 0.1) is 21.4 Å². The number of amides is 1. The van der Waals surface area contributed by atoms with Gasteiger partial charge in [-0.05, 0) is 37.3 Å². The van der Waals surface area contributed by atoms with Gasteiger partial charge in [0.25, 0.3) is 11.6 Å². The fraction of sp³-hybridized carbons (Fsp3) is 0.125. The smallest absolute Gasteiger partial charge is 0.269 e. The summed E-state index contributed by atoms with van der Waals surface area (Å²) in [5, 5.41) is 22.0. The first-order chi connectivity index (χ1) is 11.0. The lowest BCUT2D eigenvalue weighted by molar-refractivity contribution is -0.384. The lowest BCUT2D eigenvalue weighted by Gasteiger charge is -2.14. The van der Waals surface area contributed by atoms with E-state index in [2.05, 4.69) is 5.32 Å². The molecule has 7 nitrogen and oxygen atoms in total. The normalized spacial score (nSPS) is 11.1. The lowest BCUT2D eigenvalue weighted by Crippen LogP contribution is -2.30. The van der Waals surface area contributed by atoms with E-state index in [1.807, 2.05) is 6.07 Å². The van der Waals surface area contributed by atoms with E-state index < -0.39 is 16.9 Å². The Bertz CT molecular complexity index is 766. The zero-order valence-corrected chi connectivity index (χ0v) is 12.2. The first-order valence-electron chi connectivity index (χ1n) is 6.72. The van der Waals surface area contributed by atoms with Crippen molar-refractivity contribution >= 4 is 17.3 Å². The van der Waals surface area contributed by atoms with Crippen molar-refractivity contribution in [2.75, 3.05) is 5.32 Å². The van der Waals surface area contributed by atoms with E-state index in [-0.39, 0.29) is 5.69 Å². The zero-order valence-electron chi connectivity index (χ0n) is 12.2. The molecule has 116 valence electrons. The molecule has 0 fully saturated rings. The number of carbonyl (C=O) groups is 1. The van der Waals surface area contributed by atoms with Crippen molar-refractivity contribution in [3.8, 4) is 11.8 Å². The molecule has 0 bridgehead atoms. The van der Waals surface area contributed by atoms with Crippen molar-refractivity contribution in [1.29, 1.82) is 5.26 Å². The second-order valence-corrected chi connectivity index (χ2v) is 4.69. The van der Waals surface area contributed by atoms with Crippen LogP contribution in [0.5, 0.6) is 5.75 Å². The fourth-order valence-corrected chi connectivity index (χ4v) is 1.81. The molecule has 0 saturated carbocycles.